The Morgan fingerprint density at radius 1 is 1.28 bits per heavy atom. The molecule has 0 fully saturated rings. The summed E-state index contributed by atoms with van der Waals surface area (Å²) in [6.45, 7) is 8.14. The van der Waals surface area contributed by atoms with Crippen molar-refractivity contribution in [3.05, 3.63) is 35.5 Å². The highest BCUT2D eigenvalue weighted by Gasteiger charge is 2.10. The number of rotatable bonds is 6. The van der Waals surface area contributed by atoms with Crippen molar-refractivity contribution in [2.75, 3.05) is 26.8 Å². The standard InChI is InChI=1S/C15H22N2O/c1-4-17(9-10-18-3)11-15-12(2)13-7-5-6-8-14(13)16-15/h5-8,16H,4,9-11H2,1-3H3. The maximum Gasteiger partial charge on any atom is 0.0589 e. The number of aromatic nitrogens is 1. The molecule has 3 nitrogen and oxygen atoms in total. The molecule has 1 N–H and O–H groups in total. The lowest BCUT2D eigenvalue weighted by molar-refractivity contribution is 0.147. The molecule has 0 saturated heterocycles. The van der Waals surface area contributed by atoms with Crippen LogP contribution in [0.15, 0.2) is 24.3 Å². The van der Waals surface area contributed by atoms with E-state index in [0.717, 1.165) is 26.2 Å². The van der Waals surface area contributed by atoms with Crippen LogP contribution in [0.4, 0.5) is 0 Å². The largest absolute Gasteiger partial charge is 0.383 e. The Morgan fingerprint density at radius 3 is 2.72 bits per heavy atom. The number of aromatic amines is 1. The van der Waals surface area contributed by atoms with Crippen LogP contribution < -0.4 is 0 Å². The quantitative estimate of drug-likeness (QED) is 0.849. The van der Waals surface area contributed by atoms with Gasteiger partial charge in [0, 0.05) is 36.8 Å². The fraction of sp³-hybridized carbons (Fsp3) is 0.467. The molecule has 0 spiro atoms. The van der Waals surface area contributed by atoms with Crippen LogP contribution in [0, 0.1) is 6.92 Å². The van der Waals surface area contributed by atoms with Gasteiger partial charge < -0.3 is 9.72 Å². The summed E-state index contributed by atoms with van der Waals surface area (Å²) in [5.74, 6) is 0. The predicted molar refractivity (Wildman–Crippen MR) is 75.9 cm³/mol. The molecule has 3 heteroatoms. The van der Waals surface area contributed by atoms with Crippen molar-refractivity contribution < 1.29 is 4.74 Å². The number of methoxy groups -OCH3 is 1. The molecule has 0 aliphatic rings. The topological polar surface area (TPSA) is 28.3 Å². The van der Waals surface area contributed by atoms with Crippen molar-refractivity contribution in [3.63, 3.8) is 0 Å². The molecule has 18 heavy (non-hydrogen) atoms. The van der Waals surface area contributed by atoms with Crippen molar-refractivity contribution in [1.29, 1.82) is 0 Å². The van der Waals surface area contributed by atoms with Crippen LogP contribution in [0.2, 0.25) is 0 Å². The summed E-state index contributed by atoms with van der Waals surface area (Å²) in [4.78, 5) is 5.91. The molecular weight excluding hydrogens is 224 g/mol. The summed E-state index contributed by atoms with van der Waals surface area (Å²) in [7, 11) is 1.75. The highest BCUT2D eigenvalue weighted by Crippen LogP contribution is 2.22. The molecule has 0 amide bonds. The molecule has 2 aromatic rings. The first kappa shape index (κ1) is 13.1. The second-order valence-electron chi connectivity index (χ2n) is 4.64. The van der Waals surface area contributed by atoms with E-state index in [1.54, 1.807) is 7.11 Å². The van der Waals surface area contributed by atoms with Crippen LogP contribution in [-0.2, 0) is 11.3 Å². The first-order valence-corrected chi connectivity index (χ1v) is 6.53. The van der Waals surface area contributed by atoms with Gasteiger partial charge in [-0.05, 0) is 25.1 Å². The Morgan fingerprint density at radius 2 is 2.06 bits per heavy atom. The zero-order chi connectivity index (χ0) is 13.0. The second-order valence-corrected chi connectivity index (χ2v) is 4.64. The average molecular weight is 246 g/mol. The third kappa shape index (κ3) is 2.74. The number of benzene rings is 1. The maximum atomic E-state index is 5.15. The molecule has 1 heterocycles. The number of hydrogen-bond acceptors (Lipinski definition) is 2. The Hall–Kier alpha value is -1.32. The zero-order valence-electron chi connectivity index (χ0n) is 11.5. The number of H-pyrrole nitrogens is 1. The minimum absolute atomic E-state index is 0.785. The highest BCUT2D eigenvalue weighted by atomic mass is 16.5. The molecule has 0 unspecified atom stereocenters. The van der Waals surface area contributed by atoms with Gasteiger partial charge in [-0.25, -0.2) is 0 Å². The van der Waals surface area contributed by atoms with E-state index in [4.69, 9.17) is 4.74 Å². The van der Waals surface area contributed by atoms with Gasteiger partial charge in [0.15, 0.2) is 0 Å². The molecule has 0 radical (unpaired) electrons. The maximum absolute atomic E-state index is 5.15. The van der Waals surface area contributed by atoms with Gasteiger partial charge in [-0.1, -0.05) is 25.1 Å². The van der Waals surface area contributed by atoms with Crippen LogP contribution in [-0.4, -0.2) is 36.7 Å². The van der Waals surface area contributed by atoms with Crippen molar-refractivity contribution in [1.82, 2.24) is 9.88 Å². The van der Waals surface area contributed by atoms with Gasteiger partial charge in [0.05, 0.1) is 6.61 Å². The monoisotopic (exact) mass is 246 g/mol. The lowest BCUT2D eigenvalue weighted by atomic mass is 10.1. The van der Waals surface area contributed by atoms with Crippen LogP contribution in [0.3, 0.4) is 0 Å². The predicted octanol–water partition coefficient (Wildman–Crippen LogP) is 2.94. The summed E-state index contributed by atoms with van der Waals surface area (Å²) in [6, 6.07) is 8.48. The van der Waals surface area contributed by atoms with Crippen LogP contribution in [0.25, 0.3) is 10.9 Å². The fourth-order valence-corrected chi connectivity index (χ4v) is 2.29. The Balaban J connectivity index is 2.17. The molecule has 2 rings (SSSR count). The van der Waals surface area contributed by atoms with Gasteiger partial charge in [0.2, 0.25) is 0 Å². The SMILES string of the molecule is CCN(CCOC)Cc1[nH]c2ccccc2c1C. The lowest BCUT2D eigenvalue weighted by Gasteiger charge is -2.19. The van der Waals surface area contributed by atoms with Crippen LogP contribution >= 0.6 is 0 Å². The molecule has 98 valence electrons. The van der Waals surface area contributed by atoms with E-state index >= 15 is 0 Å². The van der Waals surface area contributed by atoms with Crippen molar-refractivity contribution >= 4 is 10.9 Å². The Labute approximate surface area is 109 Å². The summed E-state index contributed by atoms with van der Waals surface area (Å²) in [6.07, 6.45) is 0. The van der Waals surface area contributed by atoms with E-state index in [9.17, 15) is 0 Å². The molecule has 0 aliphatic carbocycles. The van der Waals surface area contributed by atoms with E-state index in [0.29, 0.717) is 0 Å². The molecule has 0 saturated carbocycles. The molecule has 1 aromatic carbocycles. The number of nitrogens with zero attached hydrogens (tertiary/aromatic N) is 1. The van der Waals surface area contributed by atoms with Gasteiger partial charge >= 0.3 is 0 Å². The fourth-order valence-electron chi connectivity index (χ4n) is 2.29. The number of fused-ring (bicyclic) bond motifs is 1. The van der Waals surface area contributed by atoms with E-state index in [1.165, 1.54) is 22.2 Å². The molecule has 0 atom stereocenters. The number of hydrogen-bond donors (Lipinski definition) is 1. The first-order valence-electron chi connectivity index (χ1n) is 6.53. The number of ether oxygens (including phenoxy) is 1. The third-order valence-electron chi connectivity index (χ3n) is 3.51. The number of nitrogens with one attached hydrogen (secondary N) is 1. The first-order chi connectivity index (χ1) is 8.76. The molecule has 0 aliphatic heterocycles. The van der Waals surface area contributed by atoms with E-state index in [2.05, 4.69) is 48.0 Å². The third-order valence-corrected chi connectivity index (χ3v) is 3.51. The summed E-state index contributed by atoms with van der Waals surface area (Å²) in [5, 5.41) is 1.33. The van der Waals surface area contributed by atoms with Gasteiger partial charge in [-0.15, -0.1) is 0 Å². The second kappa shape index (κ2) is 6.03. The van der Waals surface area contributed by atoms with E-state index in [1.807, 2.05) is 0 Å². The number of aryl methyl sites for hydroxylation is 1. The highest BCUT2D eigenvalue weighted by molar-refractivity contribution is 5.84. The van der Waals surface area contributed by atoms with Crippen LogP contribution in [0.5, 0.6) is 0 Å². The summed E-state index contributed by atoms with van der Waals surface area (Å²) >= 11 is 0. The Kier molecular flexibility index (Phi) is 4.39. The van der Waals surface area contributed by atoms with Gasteiger partial charge in [-0.3, -0.25) is 4.90 Å². The van der Waals surface area contributed by atoms with Gasteiger partial charge in [-0.2, -0.15) is 0 Å². The minimum Gasteiger partial charge on any atom is -0.383 e. The van der Waals surface area contributed by atoms with Crippen molar-refractivity contribution in [2.45, 2.75) is 20.4 Å². The molecular formula is C15H22N2O. The smallest absolute Gasteiger partial charge is 0.0589 e. The number of para-hydroxylation sites is 1. The van der Waals surface area contributed by atoms with E-state index in [-0.39, 0.29) is 0 Å². The minimum atomic E-state index is 0.785. The summed E-state index contributed by atoms with van der Waals surface area (Å²) in [5.41, 5.74) is 3.91. The molecule has 0 bridgehead atoms. The van der Waals surface area contributed by atoms with Crippen LogP contribution in [0.1, 0.15) is 18.2 Å². The van der Waals surface area contributed by atoms with Crippen molar-refractivity contribution in [3.8, 4) is 0 Å². The van der Waals surface area contributed by atoms with E-state index < -0.39 is 0 Å². The summed E-state index contributed by atoms with van der Waals surface area (Å²) < 4.78 is 5.15. The van der Waals surface area contributed by atoms with Crippen molar-refractivity contribution in [2.24, 2.45) is 0 Å². The average Bonchev–Trinajstić information content (AvgIpc) is 2.72. The normalized spacial score (nSPS) is 11.6. The number of likely N-dealkylation sites (N-methyl/N-ethyl adjacent to an activating group) is 1. The van der Waals surface area contributed by atoms with Gasteiger partial charge in [0.1, 0.15) is 0 Å². The lowest BCUT2D eigenvalue weighted by Crippen LogP contribution is -2.27. The zero-order valence-corrected chi connectivity index (χ0v) is 11.5. The Bertz CT molecular complexity index is 504. The van der Waals surface area contributed by atoms with Gasteiger partial charge in [0.25, 0.3) is 0 Å². The molecule has 1 aromatic heterocycles.